The van der Waals surface area contributed by atoms with Gasteiger partial charge in [0.1, 0.15) is 17.5 Å². The molecule has 5 rings (SSSR count). The quantitative estimate of drug-likeness (QED) is 0.574. The van der Waals surface area contributed by atoms with Crippen molar-refractivity contribution in [3.8, 4) is 5.82 Å². The van der Waals surface area contributed by atoms with Gasteiger partial charge in [0.2, 0.25) is 5.95 Å². The second kappa shape index (κ2) is 9.54. The molecule has 1 aliphatic heterocycles. The van der Waals surface area contributed by atoms with E-state index in [-0.39, 0.29) is 16.9 Å². The first-order valence-corrected chi connectivity index (χ1v) is 11.5. The van der Waals surface area contributed by atoms with Gasteiger partial charge in [-0.3, -0.25) is 4.57 Å². The average molecular weight is 461 g/mol. The highest BCUT2D eigenvalue weighted by atomic mass is 19.3. The van der Waals surface area contributed by atoms with Crippen LogP contribution in [0.5, 0.6) is 0 Å². The largest absolute Gasteiger partial charge is 0.378 e. The van der Waals surface area contributed by atoms with E-state index < -0.39 is 18.1 Å². The van der Waals surface area contributed by atoms with Gasteiger partial charge in [-0.1, -0.05) is 19.3 Å². The molecule has 2 fully saturated rings. The Bertz CT molecular complexity index is 1110. The molecule has 0 unspecified atom stereocenters. The van der Waals surface area contributed by atoms with Gasteiger partial charge in [0, 0.05) is 31.8 Å². The van der Waals surface area contributed by atoms with Gasteiger partial charge in [0.15, 0.2) is 5.82 Å². The molecule has 2 aliphatic rings. The number of ether oxygens (including phenoxy) is 1. The Labute approximate surface area is 190 Å². The summed E-state index contributed by atoms with van der Waals surface area (Å²) >= 11 is 0. The van der Waals surface area contributed by atoms with Crippen molar-refractivity contribution in [3.05, 3.63) is 35.9 Å². The fourth-order valence-corrected chi connectivity index (χ4v) is 4.65. The van der Waals surface area contributed by atoms with Gasteiger partial charge in [-0.25, -0.2) is 18.2 Å². The van der Waals surface area contributed by atoms with E-state index in [4.69, 9.17) is 4.74 Å². The predicted octanol–water partition coefficient (Wildman–Crippen LogP) is 4.72. The van der Waals surface area contributed by atoms with E-state index in [1.807, 2.05) is 4.90 Å². The Morgan fingerprint density at radius 2 is 1.76 bits per heavy atom. The van der Waals surface area contributed by atoms with Gasteiger partial charge < -0.3 is 15.0 Å². The fourth-order valence-electron chi connectivity index (χ4n) is 4.65. The summed E-state index contributed by atoms with van der Waals surface area (Å²) in [4.78, 5) is 15.3. The van der Waals surface area contributed by atoms with E-state index in [0.29, 0.717) is 44.0 Å². The maximum atomic E-state index is 14.0. The number of hydrogen-bond acceptors (Lipinski definition) is 6. The Balaban J connectivity index is 1.57. The van der Waals surface area contributed by atoms with E-state index in [1.165, 1.54) is 42.0 Å². The Kier molecular flexibility index (Phi) is 6.34. The number of fused-ring (bicyclic) bond motifs is 1. The summed E-state index contributed by atoms with van der Waals surface area (Å²) in [6.45, 7) is 3.13. The number of nitrogens with one attached hydrogen (secondary N) is 1. The summed E-state index contributed by atoms with van der Waals surface area (Å²) in [5.74, 6) is 0.771. The number of alkyl halides is 2. The third kappa shape index (κ3) is 4.75. The lowest BCUT2D eigenvalue weighted by molar-refractivity contribution is 0.122. The Morgan fingerprint density at radius 3 is 2.52 bits per heavy atom. The van der Waals surface area contributed by atoms with E-state index in [0.717, 1.165) is 19.4 Å². The number of morpholine rings is 1. The molecule has 7 nitrogen and oxygen atoms in total. The van der Waals surface area contributed by atoms with Crippen LogP contribution >= 0.6 is 0 Å². The maximum Gasteiger partial charge on any atom is 0.296 e. The highest BCUT2D eigenvalue weighted by Crippen LogP contribution is 2.30. The molecule has 2 aromatic heterocycles. The van der Waals surface area contributed by atoms with Gasteiger partial charge in [-0.2, -0.15) is 9.97 Å². The van der Waals surface area contributed by atoms with Crippen LogP contribution in [-0.4, -0.2) is 52.4 Å². The van der Waals surface area contributed by atoms with Gasteiger partial charge in [0.05, 0.1) is 24.2 Å². The molecular weight excluding hydrogens is 433 g/mol. The summed E-state index contributed by atoms with van der Waals surface area (Å²) in [5, 5.41) is 3.33. The lowest BCUT2D eigenvalue weighted by Gasteiger charge is -2.28. The first-order chi connectivity index (χ1) is 16.1. The number of aromatic nitrogens is 4. The van der Waals surface area contributed by atoms with Crippen molar-refractivity contribution in [2.45, 2.75) is 38.5 Å². The molecule has 0 radical (unpaired) electrons. The minimum atomic E-state index is -2.85. The van der Waals surface area contributed by atoms with E-state index in [1.54, 1.807) is 6.07 Å². The topological polar surface area (TPSA) is 68.1 Å². The van der Waals surface area contributed by atoms with Crippen LogP contribution in [-0.2, 0) is 4.74 Å². The zero-order valence-electron chi connectivity index (χ0n) is 18.3. The molecule has 0 atom stereocenters. The van der Waals surface area contributed by atoms with Gasteiger partial charge in [0.25, 0.3) is 6.43 Å². The molecule has 3 heterocycles. The number of halogens is 3. The number of anilines is 2. The van der Waals surface area contributed by atoms with Crippen molar-refractivity contribution in [3.63, 3.8) is 0 Å². The van der Waals surface area contributed by atoms with Crippen molar-refractivity contribution in [1.29, 1.82) is 0 Å². The summed E-state index contributed by atoms with van der Waals surface area (Å²) in [6, 6.07) is 5.49. The number of hydrogen-bond donors (Lipinski definition) is 1. The summed E-state index contributed by atoms with van der Waals surface area (Å²) in [7, 11) is 0. The van der Waals surface area contributed by atoms with Crippen molar-refractivity contribution >= 4 is 22.8 Å². The number of nitrogens with zero attached hydrogens (tertiary/aromatic N) is 5. The highest BCUT2D eigenvalue weighted by molar-refractivity contribution is 5.78. The fraction of sp³-hybridized carbons (Fsp3) is 0.522. The van der Waals surface area contributed by atoms with Gasteiger partial charge in [-0.15, -0.1) is 0 Å². The molecule has 1 N–H and O–H groups in total. The van der Waals surface area contributed by atoms with Crippen molar-refractivity contribution in [2.24, 2.45) is 5.92 Å². The average Bonchev–Trinajstić information content (AvgIpc) is 3.23. The van der Waals surface area contributed by atoms with Crippen molar-refractivity contribution < 1.29 is 17.9 Å². The maximum absolute atomic E-state index is 14.0. The van der Waals surface area contributed by atoms with Crippen LogP contribution in [0.3, 0.4) is 0 Å². The zero-order chi connectivity index (χ0) is 22.8. The van der Waals surface area contributed by atoms with Crippen LogP contribution in [0.25, 0.3) is 16.9 Å². The molecule has 3 aromatic rings. The van der Waals surface area contributed by atoms with Crippen LogP contribution in [0, 0.1) is 11.7 Å². The van der Waals surface area contributed by atoms with Crippen LogP contribution in [0.15, 0.2) is 24.3 Å². The van der Waals surface area contributed by atoms with Gasteiger partial charge in [-0.05, 0) is 30.9 Å². The molecule has 1 saturated carbocycles. The monoisotopic (exact) mass is 460 g/mol. The van der Waals surface area contributed by atoms with Crippen molar-refractivity contribution in [2.75, 3.05) is 43.1 Å². The standard InChI is InChI=1S/C23H27F3N6O/c24-16-6-7-17-18(12-16)32(22(28-17)21(25)26)20-13-19(31-8-10-33-11-9-31)29-23(30-20)27-14-15-4-2-1-3-5-15/h6-7,12-13,15,21H,1-5,8-11,14H2,(H,27,29,30). The summed E-state index contributed by atoms with van der Waals surface area (Å²) < 4.78 is 48.6. The van der Waals surface area contributed by atoms with E-state index in [9.17, 15) is 13.2 Å². The first-order valence-electron chi connectivity index (χ1n) is 11.5. The second-order valence-corrected chi connectivity index (χ2v) is 8.63. The van der Waals surface area contributed by atoms with Crippen LogP contribution < -0.4 is 10.2 Å². The summed E-state index contributed by atoms with van der Waals surface area (Å²) in [5.41, 5.74) is 0.533. The Hall–Kier alpha value is -2.88. The second-order valence-electron chi connectivity index (χ2n) is 8.63. The molecular formula is C23H27F3N6O. The Morgan fingerprint density at radius 1 is 1.00 bits per heavy atom. The van der Waals surface area contributed by atoms with Crippen molar-refractivity contribution in [1.82, 2.24) is 19.5 Å². The molecule has 0 amide bonds. The minimum Gasteiger partial charge on any atom is -0.378 e. The molecule has 0 bridgehead atoms. The lowest BCUT2D eigenvalue weighted by Crippen LogP contribution is -2.37. The molecule has 0 spiro atoms. The smallest absolute Gasteiger partial charge is 0.296 e. The highest BCUT2D eigenvalue weighted by Gasteiger charge is 2.24. The van der Waals surface area contributed by atoms with E-state index >= 15 is 0 Å². The third-order valence-corrected chi connectivity index (χ3v) is 6.37. The molecule has 1 saturated heterocycles. The molecule has 176 valence electrons. The third-order valence-electron chi connectivity index (χ3n) is 6.37. The molecule has 10 heteroatoms. The lowest BCUT2D eigenvalue weighted by atomic mass is 9.89. The molecule has 1 aromatic carbocycles. The minimum absolute atomic E-state index is 0.237. The SMILES string of the molecule is Fc1ccc2nc(C(F)F)n(-c3cc(N4CCOCC4)nc(NCC4CCCCC4)n3)c2c1. The normalized spacial score (nSPS) is 17.8. The predicted molar refractivity (Wildman–Crippen MR) is 120 cm³/mol. The van der Waals surface area contributed by atoms with Crippen LogP contribution in [0.2, 0.25) is 0 Å². The van der Waals surface area contributed by atoms with E-state index in [2.05, 4.69) is 20.3 Å². The first kappa shape index (κ1) is 21.9. The van der Waals surface area contributed by atoms with Crippen LogP contribution in [0.4, 0.5) is 24.9 Å². The number of rotatable bonds is 6. The zero-order valence-corrected chi connectivity index (χ0v) is 18.3. The summed E-state index contributed by atoms with van der Waals surface area (Å²) in [6.07, 6.45) is 3.17. The van der Waals surface area contributed by atoms with Crippen LogP contribution in [0.1, 0.15) is 44.4 Å². The number of imidazole rings is 1. The van der Waals surface area contributed by atoms with Gasteiger partial charge >= 0.3 is 0 Å². The number of benzene rings is 1. The molecule has 33 heavy (non-hydrogen) atoms. The molecule has 1 aliphatic carbocycles.